The summed E-state index contributed by atoms with van der Waals surface area (Å²) in [5, 5.41) is 0. The minimum absolute atomic E-state index is 0.153. The van der Waals surface area contributed by atoms with Gasteiger partial charge in [-0.25, -0.2) is 0 Å². The number of rotatable bonds is 0. The molecule has 1 aliphatic rings. The molecule has 0 atom stereocenters. The fourth-order valence-electron chi connectivity index (χ4n) is 1.57. The molecule has 70 valence electrons. The van der Waals surface area contributed by atoms with Crippen LogP contribution in [0.25, 0.3) is 0 Å². The van der Waals surface area contributed by atoms with E-state index in [0.29, 0.717) is 12.3 Å². The van der Waals surface area contributed by atoms with Crippen LogP contribution in [0.3, 0.4) is 0 Å². The van der Waals surface area contributed by atoms with Gasteiger partial charge in [0.25, 0.3) is 0 Å². The smallest absolute Gasteiger partial charge is 0.146 e. The van der Waals surface area contributed by atoms with E-state index in [4.69, 9.17) is 0 Å². The molecule has 1 aliphatic heterocycles. The van der Waals surface area contributed by atoms with Crippen molar-refractivity contribution >= 4 is 5.78 Å². The van der Waals surface area contributed by atoms with Crippen molar-refractivity contribution in [3.8, 4) is 0 Å². The van der Waals surface area contributed by atoms with Crippen LogP contribution in [0.4, 0.5) is 0 Å². The van der Waals surface area contributed by atoms with E-state index >= 15 is 0 Å². The number of hydrogen-bond donors (Lipinski definition) is 0. The van der Waals surface area contributed by atoms with Crippen LogP contribution in [0.2, 0.25) is 0 Å². The van der Waals surface area contributed by atoms with E-state index in [1.165, 1.54) is 6.42 Å². The van der Waals surface area contributed by atoms with Crippen molar-refractivity contribution in [1.82, 2.24) is 4.90 Å². The summed E-state index contributed by atoms with van der Waals surface area (Å²) >= 11 is 0. The average Bonchev–Trinajstić information content (AvgIpc) is 2.11. The van der Waals surface area contributed by atoms with Crippen LogP contribution in [0.1, 0.15) is 40.0 Å². The standard InChI is InChI=1S/C10H19NO/c1-10(2,3)11-7-5-4-6-9(12)8-11/h4-8H2,1-3H3. The van der Waals surface area contributed by atoms with E-state index in [-0.39, 0.29) is 5.54 Å². The Morgan fingerprint density at radius 1 is 1.25 bits per heavy atom. The molecular weight excluding hydrogens is 150 g/mol. The molecule has 2 heteroatoms. The molecule has 0 aromatic carbocycles. The first-order valence-corrected chi connectivity index (χ1v) is 4.77. The summed E-state index contributed by atoms with van der Waals surface area (Å²) in [5.74, 6) is 0.405. The van der Waals surface area contributed by atoms with Gasteiger partial charge in [0.15, 0.2) is 0 Å². The van der Waals surface area contributed by atoms with Crippen molar-refractivity contribution < 1.29 is 4.79 Å². The highest BCUT2D eigenvalue weighted by Crippen LogP contribution is 2.17. The predicted octanol–water partition coefficient (Wildman–Crippen LogP) is 1.84. The van der Waals surface area contributed by atoms with Crippen LogP contribution in [-0.2, 0) is 4.79 Å². The summed E-state index contributed by atoms with van der Waals surface area (Å²) in [6, 6.07) is 0. The van der Waals surface area contributed by atoms with Gasteiger partial charge in [0.2, 0.25) is 0 Å². The highest BCUT2D eigenvalue weighted by Gasteiger charge is 2.24. The molecule has 0 saturated carbocycles. The number of nitrogens with zero attached hydrogens (tertiary/aromatic N) is 1. The van der Waals surface area contributed by atoms with E-state index in [9.17, 15) is 4.79 Å². The summed E-state index contributed by atoms with van der Waals surface area (Å²) in [6.07, 6.45) is 3.03. The van der Waals surface area contributed by atoms with E-state index in [0.717, 1.165) is 19.4 Å². The summed E-state index contributed by atoms with van der Waals surface area (Å²) in [6.45, 7) is 8.25. The van der Waals surface area contributed by atoms with Crippen molar-refractivity contribution in [1.29, 1.82) is 0 Å². The monoisotopic (exact) mass is 169 g/mol. The molecule has 0 aromatic heterocycles. The van der Waals surface area contributed by atoms with Gasteiger partial charge in [0.05, 0.1) is 6.54 Å². The molecule has 0 unspecified atom stereocenters. The first kappa shape index (κ1) is 9.72. The van der Waals surface area contributed by atoms with Crippen LogP contribution >= 0.6 is 0 Å². The molecule has 0 bridgehead atoms. The van der Waals surface area contributed by atoms with Crippen LogP contribution < -0.4 is 0 Å². The Kier molecular flexibility index (Phi) is 2.89. The molecule has 0 N–H and O–H groups in total. The van der Waals surface area contributed by atoms with Gasteiger partial charge >= 0.3 is 0 Å². The number of Topliss-reactive ketones (excluding diaryl/α,β-unsaturated/α-hetero) is 1. The Bertz CT molecular complexity index is 169. The molecule has 12 heavy (non-hydrogen) atoms. The Labute approximate surface area is 74.9 Å². The van der Waals surface area contributed by atoms with Gasteiger partial charge in [-0.3, -0.25) is 9.69 Å². The van der Waals surface area contributed by atoms with Crippen molar-refractivity contribution in [2.75, 3.05) is 13.1 Å². The van der Waals surface area contributed by atoms with Crippen molar-refractivity contribution in [3.63, 3.8) is 0 Å². The predicted molar refractivity (Wildman–Crippen MR) is 50.2 cm³/mol. The topological polar surface area (TPSA) is 20.3 Å². The molecule has 0 radical (unpaired) electrons. The lowest BCUT2D eigenvalue weighted by Crippen LogP contribution is -2.43. The number of hydrogen-bond acceptors (Lipinski definition) is 2. The van der Waals surface area contributed by atoms with Gasteiger partial charge in [-0.2, -0.15) is 0 Å². The number of carbonyl (C=O) groups is 1. The second kappa shape index (κ2) is 3.56. The lowest BCUT2D eigenvalue weighted by atomic mass is 10.1. The zero-order valence-corrected chi connectivity index (χ0v) is 8.39. The Hall–Kier alpha value is -0.370. The maximum absolute atomic E-state index is 11.3. The molecular formula is C10H19NO. The molecule has 1 saturated heterocycles. The summed E-state index contributed by atoms with van der Waals surface area (Å²) < 4.78 is 0. The van der Waals surface area contributed by atoms with E-state index in [1.807, 2.05) is 0 Å². The molecule has 1 heterocycles. The quantitative estimate of drug-likeness (QED) is 0.551. The molecule has 1 rings (SSSR count). The highest BCUT2D eigenvalue weighted by atomic mass is 16.1. The molecule has 1 fully saturated rings. The molecule has 0 aromatic rings. The zero-order chi connectivity index (χ0) is 9.19. The van der Waals surface area contributed by atoms with Crippen LogP contribution in [0, 0.1) is 0 Å². The van der Waals surface area contributed by atoms with E-state index < -0.39 is 0 Å². The summed E-state index contributed by atoms with van der Waals surface area (Å²) in [7, 11) is 0. The van der Waals surface area contributed by atoms with Gasteiger partial charge in [-0.05, 0) is 40.2 Å². The minimum atomic E-state index is 0.153. The van der Waals surface area contributed by atoms with Gasteiger partial charge in [0.1, 0.15) is 5.78 Å². The van der Waals surface area contributed by atoms with E-state index in [2.05, 4.69) is 25.7 Å². The zero-order valence-electron chi connectivity index (χ0n) is 8.39. The summed E-state index contributed by atoms with van der Waals surface area (Å²) in [4.78, 5) is 13.6. The third kappa shape index (κ3) is 2.59. The average molecular weight is 169 g/mol. The maximum atomic E-state index is 11.3. The normalized spacial score (nSPS) is 22.4. The van der Waals surface area contributed by atoms with Crippen molar-refractivity contribution in [2.45, 2.75) is 45.6 Å². The lowest BCUT2D eigenvalue weighted by molar-refractivity contribution is -0.120. The van der Waals surface area contributed by atoms with Crippen molar-refractivity contribution in [3.05, 3.63) is 0 Å². The lowest BCUT2D eigenvalue weighted by Gasteiger charge is -2.33. The molecule has 0 amide bonds. The van der Waals surface area contributed by atoms with Gasteiger partial charge in [-0.1, -0.05) is 0 Å². The van der Waals surface area contributed by atoms with Gasteiger partial charge < -0.3 is 0 Å². The first-order chi connectivity index (χ1) is 5.50. The third-order valence-electron chi connectivity index (χ3n) is 2.45. The van der Waals surface area contributed by atoms with Crippen LogP contribution in [0.5, 0.6) is 0 Å². The van der Waals surface area contributed by atoms with Gasteiger partial charge in [0, 0.05) is 12.0 Å². The number of carbonyl (C=O) groups excluding carboxylic acids is 1. The molecule has 0 aliphatic carbocycles. The first-order valence-electron chi connectivity index (χ1n) is 4.77. The summed E-state index contributed by atoms with van der Waals surface area (Å²) in [5.41, 5.74) is 0.153. The molecule has 2 nitrogen and oxygen atoms in total. The number of ketones is 1. The van der Waals surface area contributed by atoms with E-state index in [1.54, 1.807) is 0 Å². The minimum Gasteiger partial charge on any atom is -0.298 e. The fraction of sp³-hybridized carbons (Fsp3) is 0.900. The SMILES string of the molecule is CC(C)(C)N1CCCCC(=O)C1. The molecule has 0 spiro atoms. The second-order valence-electron chi connectivity index (χ2n) is 4.59. The third-order valence-corrected chi connectivity index (χ3v) is 2.45. The van der Waals surface area contributed by atoms with Gasteiger partial charge in [-0.15, -0.1) is 0 Å². The Morgan fingerprint density at radius 2 is 1.92 bits per heavy atom. The number of likely N-dealkylation sites (tertiary alicyclic amines) is 1. The van der Waals surface area contributed by atoms with Crippen LogP contribution in [-0.4, -0.2) is 29.3 Å². The highest BCUT2D eigenvalue weighted by molar-refractivity contribution is 5.80. The second-order valence-corrected chi connectivity index (χ2v) is 4.59. The Balaban J connectivity index is 2.58. The fourth-order valence-corrected chi connectivity index (χ4v) is 1.57. The van der Waals surface area contributed by atoms with Crippen LogP contribution in [0.15, 0.2) is 0 Å². The van der Waals surface area contributed by atoms with Crippen molar-refractivity contribution in [2.24, 2.45) is 0 Å². The Morgan fingerprint density at radius 3 is 2.50 bits per heavy atom. The maximum Gasteiger partial charge on any atom is 0.146 e. The largest absolute Gasteiger partial charge is 0.298 e.